The Balaban J connectivity index is 1.77. The Hall–Kier alpha value is -2.36. The van der Waals surface area contributed by atoms with Crippen molar-refractivity contribution >= 4 is 28.3 Å². The van der Waals surface area contributed by atoms with Crippen molar-refractivity contribution in [2.45, 2.75) is 32.1 Å². The van der Waals surface area contributed by atoms with Gasteiger partial charge in [-0.25, -0.2) is 4.79 Å². The molecule has 0 radical (unpaired) electrons. The minimum atomic E-state index is -0.346. The number of esters is 1. The molecule has 1 amide bonds. The van der Waals surface area contributed by atoms with E-state index >= 15 is 0 Å². The molecule has 0 aliphatic heterocycles. The predicted molar refractivity (Wildman–Crippen MR) is 90.5 cm³/mol. The summed E-state index contributed by atoms with van der Waals surface area (Å²) in [7, 11) is 1.37. The van der Waals surface area contributed by atoms with Gasteiger partial charge >= 0.3 is 5.97 Å². The average Bonchev–Trinajstić information content (AvgIpc) is 2.61. The Bertz CT molecular complexity index is 732. The van der Waals surface area contributed by atoms with Crippen LogP contribution in [0.4, 0.5) is 5.69 Å². The first kappa shape index (κ1) is 15.5. The van der Waals surface area contributed by atoms with E-state index in [0.717, 1.165) is 42.1 Å². The number of carbonyl (C=O) groups is 2. The minimum absolute atomic E-state index is 0.121. The quantitative estimate of drug-likeness (QED) is 0.867. The zero-order chi connectivity index (χ0) is 16.2. The van der Waals surface area contributed by atoms with Crippen molar-refractivity contribution in [1.29, 1.82) is 0 Å². The highest BCUT2D eigenvalue weighted by molar-refractivity contribution is 5.98. The molecule has 1 aliphatic rings. The van der Waals surface area contributed by atoms with Gasteiger partial charge < -0.3 is 10.1 Å². The van der Waals surface area contributed by atoms with Gasteiger partial charge in [0.05, 0.1) is 12.7 Å². The number of nitrogens with one attached hydrogen (secondary N) is 1. The Morgan fingerprint density at radius 3 is 2.43 bits per heavy atom. The van der Waals surface area contributed by atoms with Gasteiger partial charge in [-0.15, -0.1) is 0 Å². The lowest BCUT2D eigenvalue weighted by molar-refractivity contribution is -0.120. The molecule has 0 heterocycles. The summed E-state index contributed by atoms with van der Waals surface area (Å²) >= 11 is 0. The predicted octanol–water partition coefficient (Wildman–Crippen LogP) is 4.15. The third kappa shape index (κ3) is 3.52. The molecule has 4 heteroatoms. The van der Waals surface area contributed by atoms with Crippen LogP contribution in [0.2, 0.25) is 0 Å². The van der Waals surface area contributed by atoms with E-state index in [1.54, 1.807) is 12.1 Å². The summed E-state index contributed by atoms with van der Waals surface area (Å²) in [5.41, 5.74) is 1.33. The second-order valence-corrected chi connectivity index (χ2v) is 6.09. The zero-order valence-corrected chi connectivity index (χ0v) is 13.3. The number of anilines is 1. The highest BCUT2D eigenvalue weighted by atomic mass is 16.5. The molecule has 0 aromatic heterocycles. The molecule has 4 nitrogen and oxygen atoms in total. The van der Waals surface area contributed by atoms with Crippen molar-refractivity contribution in [3.05, 3.63) is 42.0 Å². The molecule has 0 atom stereocenters. The Morgan fingerprint density at radius 2 is 1.70 bits per heavy atom. The third-order valence-corrected chi connectivity index (χ3v) is 4.50. The lowest BCUT2D eigenvalue weighted by Gasteiger charge is -2.20. The molecule has 1 N–H and O–H groups in total. The van der Waals surface area contributed by atoms with Crippen LogP contribution in [0.15, 0.2) is 36.4 Å². The molecule has 120 valence electrons. The van der Waals surface area contributed by atoms with Gasteiger partial charge in [-0.3, -0.25) is 4.79 Å². The second-order valence-electron chi connectivity index (χ2n) is 6.09. The van der Waals surface area contributed by atoms with Gasteiger partial charge in [0, 0.05) is 11.6 Å². The van der Waals surface area contributed by atoms with Crippen LogP contribution in [0.3, 0.4) is 0 Å². The summed E-state index contributed by atoms with van der Waals surface area (Å²) in [4.78, 5) is 23.9. The maximum absolute atomic E-state index is 12.3. The lowest BCUT2D eigenvalue weighted by atomic mass is 9.88. The van der Waals surface area contributed by atoms with Gasteiger partial charge in [0.2, 0.25) is 5.91 Å². The smallest absolute Gasteiger partial charge is 0.337 e. The molecule has 2 aromatic carbocycles. The second kappa shape index (κ2) is 6.82. The highest BCUT2D eigenvalue weighted by Gasteiger charge is 2.21. The first-order valence-electron chi connectivity index (χ1n) is 8.10. The number of benzene rings is 2. The van der Waals surface area contributed by atoms with Gasteiger partial charge in [-0.05, 0) is 47.9 Å². The van der Waals surface area contributed by atoms with E-state index in [-0.39, 0.29) is 17.8 Å². The van der Waals surface area contributed by atoms with E-state index in [2.05, 4.69) is 5.32 Å². The SMILES string of the molecule is COC(=O)c1ccc2cc(NC(=O)C3CCCCC3)ccc2c1. The van der Waals surface area contributed by atoms with Crippen molar-refractivity contribution in [3.63, 3.8) is 0 Å². The van der Waals surface area contributed by atoms with E-state index in [4.69, 9.17) is 4.74 Å². The number of rotatable bonds is 3. The van der Waals surface area contributed by atoms with Crippen LogP contribution in [0.5, 0.6) is 0 Å². The summed E-state index contributed by atoms with van der Waals surface area (Å²) < 4.78 is 4.73. The largest absolute Gasteiger partial charge is 0.465 e. The summed E-state index contributed by atoms with van der Waals surface area (Å²) in [6.45, 7) is 0. The standard InChI is InChI=1S/C19H21NO3/c1-23-19(22)16-8-7-15-12-17(10-9-14(15)11-16)20-18(21)13-5-3-2-4-6-13/h7-13H,2-6H2,1H3,(H,20,21). The maximum Gasteiger partial charge on any atom is 0.337 e. The van der Waals surface area contributed by atoms with Crippen molar-refractivity contribution in [2.24, 2.45) is 5.92 Å². The van der Waals surface area contributed by atoms with Gasteiger partial charge in [0.25, 0.3) is 0 Å². The average molecular weight is 311 g/mol. The van der Waals surface area contributed by atoms with Gasteiger partial charge in [0.1, 0.15) is 0 Å². The summed E-state index contributed by atoms with van der Waals surface area (Å²) in [5.74, 6) is -0.0852. The normalized spacial score (nSPS) is 15.3. The van der Waals surface area contributed by atoms with Gasteiger partial charge in [0.15, 0.2) is 0 Å². The van der Waals surface area contributed by atoms with Gasteiger partial charge in [-0.2, -0.15) is 0 Å². The van der Waals surface area contributed by atoms with Crippen LogP contribution in [0.25, 0.3) is 10.8 Å². The van der Waals surface area contributed by atoms with Crippen molar-refractivity contribution in [2.75, 3.05) is 12.4 Å². The van der Waals surface area contributed by atoms with Crippen LogP contribution in [0.1, 0.15) is 42.5 Å². The number of amides is 1. The first-order valence-corrected chi connectivity index (χ1v) is 8.10. The number of ether oxygens (including phenoxy) is 1. The Morgan fingerprint density at radius 1 is 1.00 bits per heavy atom. The number of fused-ring (bicyclic) bond motifs is 1. The summed E-state index contributed by atoms with van der Waals surface area (Å²) in [5, 5.41) is 4.95. The molecular formula is C19H21NO3. The molecule has 1 saturated carbocycles. The first-order chi connectivity index (χ1) is 11.2. The number of carbonyl (C=O) groups excluding carboxylic acids is 2. The minimum Gasteiger partial charge on any atom is -0.465 e. The van der Waals surface area contributed by atoms with Crippen LogP contribution in [-0.4, -0.2) is 19.0 Å². The molecule has 3 rings (SSSR count). The fourth-order valence-electron chi connectivity index (χ4n) is 3.18. The van der Waals surface area contributed by atoms with Crippen LogP contribution < -0.4 is 5.32 Å². The molecule has 0 bridgehead atoms. The molecule has 23 heavy (non-hydrogen) atoms. The maximum atomic E-state index is 12.3. The molecule has 0 spiro atoms. The number of hydrogen-bond acceptors (Lipinski definition) is 3. The van der Waals surface area contributed by atoms with E-state index in [9.17, 15) is 9.59 Å². The molecule has 2 aromatic rings. The highest BCUT2D eigenvalue weighted by Crippen LogP contribution is 2.26. The fourth-order valence-corrected chi connectivity index (χ4v) is 3.18. The lowest BCUT2D eigenvalue weighted by Crippen LogP contribution is -2.24. The third-order valence-electron chi connectivity index (χ3n) is 4.50. The fraction of sp³-hybridized carbons (Fsp3) is 0.368. The van der Waals surface area contributed by atoms with Crippen molar-refractivity contribution in [1.82, 2.24) is 0 Å². The zero-order valence-electron chi connectivity index (χ0n) is 13.3. The van der Waals surface area contributed by atoms with Crippen LogP contribution in [-0.2, 0) is 9.53 Å². The Labute approximate surface area is 135 Å². The van der Waals surface area contributed by atoms with Gasteiger partial charge in [-0.1, -0.05) is 31.4 Å². The van der Waals surface area contributed by atoms with Crippen LogP contribution in [0, 0.1) is 5.92 Å². The van der Waals surface area contributed by atoms with Crippen molar-refractivity contribution in [3.8, 4) is 0 Å². The monoisotopic (exact) mass is 311 g/mol. The Kier molecular flexibility index (Phi) is 4.60. The van der Waals surface area contributed by atoms with E-state index < -0.39 is 0 Å². The summed E-state index contributed by atoms with van der Waals surface area (Å²) in [6.07, 6.45) is 5.50. The van der Waals surface area contributed by atoms with Crippen molar-refractivity contribution < 1.29 is 14.3 Å². The van der Waals surface area contributed by atoms with Crippen LogP contribution >= 0.6 is 0 Å². The van der Waals surface area contributed by atoms with E-state index in [1.165, 1.54) is 13.5 Å². The number of methoxy groups -OCH3 is 1. The molecule has 1 fully saturated rings. The molecule has 1 aliphatic carbocycles. The molecule has 0 saturated heterocycles. The molecule has 0 unspecified atom stereocenters. The topological polar surface area (TPSA) is 55.4 Å². The molecular weight excluding hydrogens is 290 g/mol. The summed E-state index contributed by atoms with van der Waals surface area (Å²) in [6, 6.07) is 11.1. The number of hydrogen-bond donors (Lipinski definition) is 1. The van der Waals surface area contributed by atoms with E-state index in [0.29, 0.717) is 5.56 Å². The van der Waals surface area contributed by atoms with E-state index in [1.807, 2.05) is 24.3 Å².